The van der Waals surface area contributed by atoms with Crippen LogP contribution in [0.2, 0.25) is 0 Å². The van der Waals surface area contributed by atoms with E-state index in [1.54, 1.807) is 26.2 Å². The van der Waals surface area contributed by atoms with Gasteiger partial charge in [0.05, 0.1) is 19.3 Å². The number of nitrogens with one attached hydrogen (secondary N) is 1. The van der Waals surface area contributed by atoms with Crippen LogP contribution in [-0.2, 0) is 19.1 Å². The first-order valence-corrected chi connectivity index (χ1v) is 11.8. The zero-order valence-electron chi connectivity index (χ0n) is 20.2. The predicted octanol–water partition coefficient (Wildman–Crippen LogP) is 4.78. The molecule has 0 spiro atoms. The number of carbonyl (C=O) groups is 2. The molecular weight excluding hydrogens is 449 g/mol. The summed E-state index contributed by atoms with van der Waals surface area (Å²) in [4.78, 5) is 26.7. The second kappa shape index (κ2) is 10.9. The van der Waals surface area contributed by atoms with Crippen LogP contribution in [0.1, 0.15) is 49.7 Å². The molecule has 0 amide bonds. The summed E-state index contributed by atoms with van der Waals surface area (Å²) in [6.45, 7) is 4.55. The number of hydrogen-bond acceptors (Lipinski definition) is 6. The maximum atomic E-state index is 14.2. The molecule has 184 valence electrons. The minimum absolute atomic E-state index is 0.0136. The Morgan fingerprint density at radius 2 is 1.86 bits per heavy atom. The first-order valence-electron chi connectivity index (χ1n) is 11.8. The number of methoxy groups -OCH3 is 1. The third kappa shape index (κ3) is 5.30. The number of ether oxygens (including phenoxy) is 3. The number of allylic oxidation sites excluding steroid dienone is 3. The van der Waals surface area contributed by atoms with Gasteiger partial charge in [0, 0.05) is 35.9 Å². The van der Waals surface area contributed by atoms with Crippen LogP contribution in [0, 0.1) is 5.82 Å². The maximum absolute atomic E-state index is 14.2. The molecular formula is C28H30FNO5. The van der Waals surface area contributed by atoms with Crippen LogP contribution in [0.15, 0.2) is 71.1 Å². The van der Waals surface area contributed by atoms with Crippen molar-refractivity contribution >= 4 is 11.8 Å². The molecule has 1 aliphatic carbocycles. The lowest BCUT2D eigenvalue weighted by Gasteiger charge is -2.36. The van der Waals surface area contributed by atoms with Crippen LogP contribution >= 0.6 is 0 Å². The van der Waals surface area contributed by atoms with Crippen molar-refractivity contribution in [2.75, 3.05) is 26.9 Å². The van der Waals surface area contributed by atoms with E-state index in [-0.39, 0.29) is 24.9 Å². The zero-order chi connectivity index (χ0) is 24.9. The summed E-state index contributed by atoms with van der Waals surface area (Å²) in [5.74, 6) is -0.999. The van der Waals surface area contributed by atoms with Crippen molar-refractivity contribution in [3.63, 3.8) is 0 Å². The summed E-state index contributed by atoms with van der Waals surface area (Å²) < 4.78 is 30.2. The zero-order valence-corrected chi connectivity index (χ0v) is 20.2. The predicted molar refractivity (Wildman–Crippen MR) is 129 cm³/mol. The van der Waals surface area contributed by atoms with Gasteiger partial charge in [0.1, 0.15) is 18.2 Å². The second-order valence-electron chi connectivity index (χ2n) is 8.68. The number of Topliss-reactive ketones (excluding diaryl/α,β-unsaturated/α-hetero) is 1. The summed E-state index contributed by atoms with van der Waals surface area (Å²) in [6.07, 6.45) is 0.896. The number of hydrogen-bond donors (Lipinski definition) is 1. The van der Waals surface area contributed by atoms with Crippen molar-refractivity contribution in [2.45, 2.75) is 38.5 Å². The molecule has 6 nitrogen and oxygen atoms in total. The van der Waals surface area contributed by atoms with Gasteiger partial charge in [0.15, 0.2) is 5.78 Å². The summed E-state index contributed by atoms with van der Waals surface area (Å²) in [7, 11) is 1.61. The fraction of sp³-hybridized carbons (Fsp3) is 0.357. The van der Waals surface area contributed by atoms with Gasteiger partial charge in [-0.25, -0.2) is 9.18 Å². The highest BCUT2D eigenvalue weighted by Gasteiger charge is 2.41. The third-order valence-corrected chi connectivity index (χ3v) is 6.48. The van der Waals surface area contributed by atoms with E-state index in [1.165, 1.54) is 12.1 Å². The van der Waals surface area contributed by atoms with E-state index < -0.39 is 17.7 Å². The Bertz CT molecular complexity index is 1170. The number of dihydropyridines is 1. The number of rotatable bonds is 8. The molecule has 7 heteroatoms. The summed E-state index contributed by atoms with van der Waals surface area (Å²) in [5.41, 5.74) is 3.77. The van der Waals surface area contributed by atoms with Gasteiger partial charge in [-0.15, -0.1) is 0 Å². The van der Waals surface area contributed by atoms with Gasteiger partial charge in [-0.05, 0) is 61.6 Å². The van der Waals surface area contributed by atoms with Gasteiger partial charge in [-0.2, -0.15) is 0 Å². The van der Waals surface area contributed by atoms with Crippen molar-refractivity contribution in [1.82, 2.24) is 5.32 Å². The molecule has 2 aromatic rings. The Morgan fingerprint density at radius 3 is 2.54 bits per heavy atom. The smallest absolute Gasteiger partial charge is 0.336 e. The van der Waals surface area contributed by atoms with Crippen molar-refractivity contribution in [1.29, 1.82) is 0 Å². The van der Waals surface area contributed by atoms with E-state index in [0.717, 1.165) is 17.0 Å². The summed E-state index contributed by atoms with van der Waals surface area (Å²) in [6, 6.07) is 13.8. The van der Waals surface area contributed by atoms with E-state index in [9.17, 15) is 14.0 Å². The number of halogens is 1. The lowest BCUT2D eigenvalue weighted by Crippen LogP contribution is -2.36. The Hall–Kier alpha value is -3.45. The molecule has 4 rings (SSSR count). The molecule has 0 bridgehead atoms. The number of carbonyl (C=O) groups excluding carboxylic acids is 2. The Labute approximate surface area is 204 Å². The van der Waals surface area contributed by atoms with Gasteiger partial charge in [-0.1, -0.05) is 24.3 Å². The van der Waals surface area contributed by atoms with Crippen molar-refractivity contribution in [3.8, 4) is 5.75 Å². The van der Waals surface area contributed by atoms with Gasteiger partial charge >= 0.3 is 5.97 Å². The fourth-order valence-electron chi connectivity index (χ4n) is 4.86. The Balaban J connectivity index is 1.69. The van der Waals surface area contributed by atoms with Crippen molar-refractivity contribution < 1.29 is 28.2 Å². The second-order valence-corrected chi connectivity index (χ2v) is 8.68. The molecule has 0 fully saturated rings. The van der Waals surface area contributed by atoms with Crippen LogP contribution in [0.5, 0.6) is 5.75 Å². The molecule has 0 saturated carbocycles. The third-order valence-electron chi connectivity index (χ3n) is 6.48. The minimum Gasteiger partial charge on any atom is -0.497 e. The first-order chi connectivity index (χ1) is 16.9. The molecule has 0 aromatic heterocycles. The van der Waals surface area contributed by atoms with E-state index in [2.05, 4.69) is 5.32 Å². The van der Waals surface area contributed by atoms with Gasteiger partial charge in [0.25, 0.3) is 0 Å². The topological polar surface area (TPSA) is 73.9 Å². The molecule has 0 unspecified atom stereocenters. The average molecular weight is 480 g/mol. The van der Waals surface area contributed by atoms with Gasteiger partial charge < -0.3 is 19.5 Å². The van der Waals surface area contributed by atoms with Crippen LogP contribution in [0.4, 0.5) is 4.39 Å². The van der Waals surface area contributed by atoms with Crippen LogP contribution < -0.4 is 10.1 Å². The fourth-order valence-corrected chi connectivity index (χ4v) is 4.86. The molecule has 2 aliphatic rings. The van der Waals surface area contributed by atoms with Crippen LogP contribution in [-0.4, -0.2) is 38.7 Å². The summed E-state index contributed by atoms with van der Waals surface area (Å²) in [5, 5.41) is 3.31. The van der Waals surface area contributed by atoms with Crippen molar-refractivity contribution in [2.24, 2.45) is 0 Å². The summed E-state index contributed by atoms with van der Waals surface area (Å²) >= 11 is 0. The van der Waals surface area contributed by atoms with Crippen LogP contribution in [0.25, 0.3) is 0 Å². The molecule has 1 N–H and O–H groups in total. The highest BCUT2D eigenvalue weighted by Crippen LogP contribution is 2.45. The van der Waals surface area contributed by atoms with E-state index in [4.69, 9.17) is 14.2 Å². The number of ketones is 1. The van der Waals surface area contributed by atoms with Gasteiger partial charge in [-0.3, -0.25) is 4.79 Å². The van der Waals surface area contributed by atoms with Crippen LogP contribution in [0.3, 0.4) is 0 Å². The molecule has 0 saturated heterocycles. The standard InChI is InChI=1S/C28H30FNO5/c1-4-34-12-13-35-28(32)25-17(2)30-23-15-20(18-8-10-22(33-3)11-9-18)16-24(31)27(23)26(25)19-6-5-7-21(29)14-19/h5-11,14,20,26,30H,4,12-13,15-16H2,1-3H3/t20-,26+/m0/s1. The molecule has 1 heterocycles. The van der Waals surface area contributed by atoms with E-state index >= 15 is 0 Å². The first kappa shape index (κ1) is 24.7. The monoisotopic (exact) mass is 479 g/mol. The minimum atomic E-state index is -0.703. The van der Waals surface area contributed by atoms with E-state index in [0.29, 0.717) is 41.9 Å². The molecule has 1 aliphatic heterocycles. The van der Waals surface area contributed by atoms with Gasteiger partial charge in [0.2, 0.25) is 0 Å². The average Bonchev–Trinajstić information content (AvgIpc) is 2.85. The number of benzene rings is 2. The SMILES string of the molecule is CCOCCOC(=O)C1=C(C)NC2=C(C(=O)C[C@@H](c3ccc(OC)cc3)C2)[C@@H]1c1cccc(F)c1. The largest absolute Gasteiger partial charge is 0.497 e. The lowest BCUT2D eigenvalue weighted by molar-refractivity contribution is -0.140. The lowest BCUT2D eigenvalue weighted by atomic mass is 9.71. The van der Waals surface area contributed by atoms with E-state index in [1.807, 2.05) is 31.2 Å². The normalized spacial score (nSPS) is 19.8. The maximum Gasteiger partial charge on any atom is 0.336 e. The molecule has 35 heavy (non-hydrogen) atoms. The highest BCUT2D eigenvalue weighted by molar-refractivity contribution is 6.04. The quantitative estimate of drug-likeness (QED) is 0.434. The Morgan fingerprint density at radius 1 is 1.09 bits per heavy atom. The Kier molecular flexibility index (Phi) is 7.66. The van der Waals surface area contributed by atoms with Crippen molar-refractivity contribution in [3.05, 3.63) is 88.0 Å². The molecule has 2 atom stereocenters. The molecule has 2 aromatic carbocycles. The number of esters is 1. The highest BCUT2D eigenvalue weighted by atomic mass is 19.1. The molecule has 0 radical (unpaired) electrons.